The van der Waals surface area contributed by atoms with E-state index in [1.807, 2.05) is 0 Å². The Hall–Kier alpha value is -1.40. The van der Waals surface area contributed by atoms with Gasteiger partial charge in [-0.05, 0) is 6.07 Å². The predicted octanol–water partition coefficient (Wildman–Crippen LogP) is 3.34. The van der Waals surface area contributed by atoms with Gasteiger partial charge < -0.3 is 4.90 Å². The van der Waals surface area contributed by atoms with E-state index < -0.39 is 30.5 Å². The molecule has 1 aromatic rings. The minimum atomic E-state index is -4.50. The molecule has 2 rings (SSSR count). The fourth-order valence-corrected chi connectivity index (χ4v) is 1.95. The summed E-state index contributed by atoms with van der Waals surface area (Å²) in [5.74, 6) is -2.78. The fraction of sp³-hybridized carbons (Fsp3) is 0.545. The number of rotatable bonds is 1. The summed E-state index contributed by atoms with van der Waals surface area (Å²) in [7, 11) is 0. The van der Waals surface area contributed by atoms with E-state index in [1.54, 1.807) is 0 Å². The van der Waals surface area contributed by atoms with Crippen molar-refractivity contribution >= 4 is 5.69 Å². The second kappa shape index (κ2) is 4.37. The molecule has 1 aromatic heterocycles. The van der Waals surface area contributed by atoms with Gasteiger partial charge in [0.1, 0.15) is 0 Å². The van der Waals surface area contributed by atoms with Crippen LogP contribution in [-0.4, -0.2) is 24.0 Å². The zero-order valence-electron chi connectivity index (χ0n) is 9.34. The highest BCUT2D eigenvalue weighted by Crippen LogP contribution is 2.38. The number of hydrogen-bond acceptors (Lipinski definition) is 2. The minimum absolute atomic E-state index is 0.0955. The molecule has 0 spiro atoms. The topological polar surface area (TPSA) is 16.1 Å². The summed E-state index contributed by atoms with van der Waals surface area (Å²) in [4.78, 5) is 4.95. The number of nitrogens with zero attached hydrogens (tertiary/aromatic N) is 2. The molecule has 18 heavy (non-hydrogen) atoms. The van der Waals surface area contributed by atoms with E-state index in [0.29, 0.717) is 0 Å². The lowest BCUT2D eigenvalue weighted by Gasteiger charge is -2.34. The van der Waals surface area contributed by atoms with Gasteiger partial charge in [0.15, 0.2) is 0 Å². The average Bonchev–Trinajstić information content (AvgIpc) is 2.28. The number of halogens is 5. The third kappa shape index (κ3) is 2.70. The van der Waals surface area contributed by atoms with Crippen molar-refractivity contribution in [3.05, 3.63) is 24.0 Å². The van der Waals surface area contributed by atoms with E-state index >= 15 is 0 Å². The molecule has 1 aliphatic heterocycles. The molecule has 2 heterocycles. The van der Waals surface area contributed by atoms with E-state index in [-0.39, 0.29) is 18.8 Å². The Labute approximate surface area is 100 Å². The fourth-order valence-electron chi connectivity index (χ4n) is 1.95. The van der Waals surface area contributed by atoms with E-state index in [0.717, 1.165) is 18.5 Å². The van der Waals surface area contributed by atoms with E-state index in [9.17, 15) is 22.0 Å². The van der Waals surface area contributed by atoms with E-state index in [1.165, 1.54) is 4.90 Å². The Kier molecular flexibility index (Phi) is 3.16. The summed E-state index contributed by atoms with van der Waals surface area (Å²) in [6, 6.07) is 0.863. The van der Waals surface area contributed by atoms with Crippen LogP contribution >= 0.6 is 0 Å². The van der Waals surface area contributed by atoms with Gasteiger partial charge in [0.25, 0.3) is 5.92 Å². The molecule has 0 aromatic carbocycles. The maximum absolute atomic E-state index is 13.0. The van der Waals surface area contributed by atoms with Crippen molar-refractivity contribution in [1.82, 2.24) is 4.98 Å². The van der Waals surface area contributed by atoms with Crippen molar-refractivity contribution in [3.8, 4) is 0 Å². The number of hydrogen-bond donors (Lipinski definition) is 0. The first-order chi connectivity index (χ1) is 8.30. The van der Waals surface area contributed by atoms with Crippen LogP contribution in [0.1, 0.15) is 18.4 Å². The third-order valence-corrected chi connectivity index (χ3v) is 2.94. The first-order valence-electron chi connectivity index (χ1n) is 5.44. The first kappa shape index (κ1) is 13.0. The van der Waals surface area contributed by atoms with Crippen molar-refractivity contribution in [1.29, 1.82) is 0 Å². The van der Waals surface area contributed by atoms with Crippen molar-refractivity contribution in [2.24, 2.45) is 0 Å². The molecular weight excluding hydrogens is 255 g/mol. The predicted molar refractivity (Wildman–Crippen MR) is 55.6 cm³/mol. The van der Waals surface area contributed by atoms with Crippen LogP contribution in [0.3, 0.4) is 0 Å². The van der Waals surface area contributed by atoms with Crippen LogP contribution in [0.4, 0.5) is 27.6 Å². The van der Waals surface area contributed by atoms with Crippen LogP contribution in [0, 0.1) is 0 Å². The monoisotopic (exact) mass is 266 g/mol. The van der Waals surface area contributed by atoms with Crippen molar-refractivity contribution in [3.63, 3.8) is 0 Å². The second-order valence-corrected chi connectivity index (χ2v) is 4.23. The van der Waals surface area contributed by atoms with Crippen molar-refractivity contribution < 1.29 is 22.0 Å². The molecule has 0 aliphatic carbocycles. The van der Waals surface area contributed by atoms with Crippen LogP contribution in [0.5, 0.6) is 0 Å². The number of alkyl halides is 5. The molecule has 0 saturated carbocycles. The summed E-state index contributed by atoms with van der Waals surface area (Å²) in [6.07, 6.45) is -3.24. The van der Waals surface area contributed by atoms with Gasteiger partial charge in [-0.2, -0.15) is 13.2 Å². The van der Waals surface area contributed by atoms with Gasteiger partial charge in [-0.3, -0.25) is 4.98 Å². The maximum atomic E-state index is 13.0. The molecule has 0 radical (unpaired) electrons. The van der Waals surface area contributed by atoms with Crippen molar-refractivity contribution in [2.75, 3.05) is 18.0 Å². The van der Waals surface area contributed by atoms with Crippen LogP contribution in [0.15, 0.2) is 18.5 Å². The molecule has 0 unspecified atom stereocenters. The number of aromatic nitrogens is 1. The summed E-state index contributed by atoms with van der Waals surface area (Å²) in [5, 5.41) is 0. The molecule has 0 atom stereocenters. The Morgan fingerprint density at radius 3 is 2.33 bits per heavy atom. The Morgan fingerprint density at radius 1 is 1.17 bits per heavy atom. The highest BCUT2D eigenvalue weighted by molar-refractivity contribution is 5.53. The van der Waals surface area contributed by atoms with Gasteiger partial charge in [-0.15, -0.1) is 0 Å². The van der Waals surface area contributed by atoms with Gasteiger partial charge >= 0.3 is 6.18 Å². The number of piperidine rings is 1. The molecule has 0 amide bonds. The highest BCUT2D eigenvalue weighted by Gasteiger charge is 2.38. The first-order valence-corrected chi connectivity index (χ1v) is 5.44. The van der Waals surface area contributed by atoms with Crippen LogP contribution in [0.2, 0.25) is 0 Å². The third-order valence-electron chi connectivity index (χ3n) is 2.94. The van der Waals surface area contributed by atoms with Crippen LogP contribution in [0.25, 0.3) is 0 Å². The Morgan fingerprint density at radius 2 is 1.78 bits per heavy atom. The Bertz CT molecular complexity index is 420. The normalized spacial score (nSPS) is 19.9. The second-order valence-electron chi connectivity index (χ2n) is 4.23. The number of anilines is 1. The molecular formula is C11H11F5N2. The zero-order chi connectivity index (χ0) is 13.4. The lowest BCUT2D eigenvalue weighted by molar-refractivity contribution is -0.137. The smallest absolute Gasteiger partial charge is 0.369 e. The maximum Gasteiger partial charge on any atom is 0.418 e. The largest absolute Gasteiger partial charge is 0.418 e. The summed E-state index contributed by atoms with van der Waals surface area (Å²) >= 11 is 0. The lowest BCUT2D eigenvalue weighted by Crippen LogP contribution is -2.40. The molecule has 7 heteroatoms. The standard InChI is InChI=1S/C11H11F5N2/c12-10(13)2-5-18(6-3-10)9-7-17-4-1-8(9)11(14,15)16/h1,4,7H,2-3,5-6H2. The quantitative estimate of drug-likeness (QED) is 0.725. The van der Waals surface area contributed by atoms with Gasteiger partial charge in [-0.25, -0.2) is 8.78 Å². The van der Waals surface area contributed by atoms with Gasteiger partial charge in [-0.1, -0.05) is 0 Å². The molecule has 2 nitrogen and oxygen atoms in total. The zero-order valence-corrected chi connectivity index (χ0v) is 9.34. The summed E-state index contributed by atoms with van der Waals surface area (Å²) < 4.78 is 64.2. The molecule has 0 N–H and O–H groups in total. The van der Waals surface area contributed by atoms with Gasteiger partial charge in [0.2, 0.25) is 0 Å². The SMILES string of the molecule is FC1(F)CCN(c2cnccc2C(F)(F)F)CC1. The summed E-state index contributed by atoms with van der Waals surface area (Å²) in [6.45, 7) is -0.191. The average molecular weight is 266 g/mol. The Balaban J connectivity index is 2.25. The molecule has 1 fully saturated rings. The van der Waals surface area contributed by atoms with Crippen LogP contribution < -0.4 is 4.90 Å². The lowest BCUT2D eigenvalue weighted by atomic mass is 10.1. The molecule has 0 bridgehead atoms. The molecule has 100 valence electrons. The van der Waals surface area contributed by atoms with Crippen molar-refractivity contribution in [2.45, 2.75) is 24.9 Å². The minimum Gasteiger partial charge on any atom is -0.369 e. The van der Waals surface area contributed by atoms with Gasteiger partial charge in [0, 0.05) is 32.1 Å². The summed E-state index contributed by atoms with van der Waals surface area (Å²) in [5.41, 5.74) is -0.955. The molecule has 1 saturated heterocycles. The number of pyridine rings is 1. The molecule has 1 aliphatic rings. The van der Waals surface area contributed by atoms with E-state index in [2.05, 4.69) is 4.98 Å². The van der Waals surface area contributed by atoms with E-state index in [4.69, 9.17) is 0 Å². The highest BCUT2D eigenvalue weighted by atomic mass is 19.4. The van der Waals surface area contributed by atoms with Gasteiger partial charge in [0.05, 0.1) is 17.4 Å². The van der Waals surface area contributed by atoms with Crippen LogP contribution in [-0.2, 0) is 6.18 Å².